The van der Waals surface area contributed by atoms with Gasteiger partial charge >= 0.3 is 5.97 Å². The van der Waals surface area contributed by atoms with Crippen molar-refractivity contribution in [3.8, 4) is 11.1 Å². The Hall–Kier alpha value is -3.86. The Bertz CT molecular complexity index is 1300. The van der Waals surface area contributed by atoms with Crippen LogP contribution in [0, 0.1) is 5.92 Å². The number of carboxylic acid groups (broad SMARTS) is 1. The molecule has 1 heterocycles. The molecule has 4 aromatic rings. The Morgan fingerprint density at radius 2 is 1.59 bits per heavy atom. The summed E-state index contributed by atoms with van der Waals surface area (Å²) in [5.74, 6) is 0.0132. The monoisotopic (exact) mass is 452 g/mol. The molecule has 34 heavy (non-hydrogen) atoms. The van der Waals surface area contributed by atoms with Crippen LogP contribution in [-0.2, 0) is 4.79 Å². The number of benzene rings is 3. The van der Waals surface area contributed by atoms with Crippen molar-refractivity contribution in [1.82, 2.24) is 4.98 Å². The number of nitrogens with one attached hydrogen (secondary N) is 2. The van der Waals surface area contributed by atoms with Crippen molar-refractivity contribution in [2.24, 2.45) is 5.92 Å². The van der Waals surface area contributed by atoms with Gasteiger partial charge in [0.2, 0.25) is 0 Å². The summed E-state index contributed by atoms with van der Waals surface area (Å²) in [5, 5.41) is 12.9. The van der Waals surface area contributed by atoms with Crippen molar-refractivity contribution >= 4 is 28.5 Å². The second-order valence-corrected chi connectivity index (χ2v) is 9.22. The minimum absolute atomic E-state index is 0.132. The first-order valence-electron chi connectivity index (χ1n) is 11.9. The van der Waals surface area contributed by atoms with Gasteiger partial charge in [0.05, 0.1) is 5.56 Å². The number of amides is 1. The van der Waals surface area contributed by atoms with E-state index in [1.54, 1.807) is 6.20 Å². The van der Waals surface area contributed by atoms with Gasteiger partial charge in [-0.3, -0.25) is 9.59 Å². The molecule has 0 unspecified atom stereocenters. The third-order valence-corrected chi connectivity index (χ3v) is 6.98. The van der Waals surface area contributed by atoms with E-state index in [0.29, 0.717) is 23.8 Å². The Balaban J connectivity index is 1.28. The lowest BCUT2D eigenvalue weighted by Crippen LogP contribution is -2.16. The van der Waals surface area contributed by atoms with Gasteiger partial charge in [0.15, 0.2) is 0 Å². The van der Waals surface area contributed by atoms with Crippen LogP contribution in [0.1, 0.15) is 53.9 Å². The Labute approximate surface area is 198 Å². The quantitative estimate of drug-likeness (QED) is 0.300. The van der Waals surface area contributed by atoms with Crippen molar-refractivity contribution in [3.05, 3.63) is 90.1 Å². The number of aliphatic carboxylic acids is 1. The first-order chi connectivity index (χ1) is 16.6. The highest BCUT2D eigenvalue weighted by molar-refractivity contribution is 6.13. The molecule has 1 aliphatic rings. The van der Waals surface area contributed by atoms with E-state index in [1.807, 2.05) is 36.4 Å². The van der Waals surface area contributed by atoms with E-state index < -0.39 is 5.97 Å². The number of hydrogen-bond donors (Lipinski definition) is 3. The number of rotatable bonds is 6. The molecule has 3 aromatic carbocycles. The molecule has 1 aliphatic carbocycles. The van der Waals surface area contributed by atoms with Crippen LogP contribution in [0.3, 0.4) is 0 Å². The summed E-state index contributed by atoms with van der Waals surface area (Å²) < 4.78 is 0. The van der Waals surface area contributed by atoms with E-state index in [2.05, 4.69) is 46.7 Å². The van der Waals surface area contributed by atoms with Gasteiger partial charge in [-0.25, -0.2) is 0 Å². The lowest BCUT2D eigenvalue weighted by Gasteiger charge is -2.28. The summed E-state index contributed by atoms with van der Waals surface area (Å²) in [6.45, 7) is 0. The van der Waals surface area contributed by atoms with Crippen LogP contribution in [0.5, 0.6) is 0 Å². The molecule has 3 N–H and O–H groups in total. The molecule has 1 amide bonds. The number of carbonyl (C=O) groups excluding carboxylic acids is 1. The largest absolute Gasteiger partial charge is 0.481 e. The molecular formula is C29H28N2O3. The molecule has 172 valence electrons. The van der Waals surface area contributed by atoms with Crippen LogP contribution < -0.4 is 5.32 Å². The van der Waals surface area contributed by atoms with Gasteiger partial charge in [-0.2, -0.15) is 0 Å². The zero-order chi connectivity index (χ0) is 23.5. The molecule has 0 atom stereocenters. The lowest BCUT2D eigenvalue weighted by molar-refractivity contribution is -0.138. The number of hydrogen-bond acceptors (Lipinski definition) is 2. The molecular weight excluding hydrogens is 424 g/mol. The van der Waals surface area contributed by atoms with E-state index in [1.165, 1.54) is 5.56 Å². The zero-order valence-electron chi connectivity index (χ0n) is 19.0. The SMILES string of the molecule is O=C(O)CC1CCC(c2ccc(-c3ccc4c(C(=O)Nc5ccccc5)c[nH]c4c3)cc2)CC1. The fourth-order valence-corrected chi connectivity index (χ4v) is 5.11. The number of carbonyl (C=O) groups is 2. The topological polar surface area (TPSA) is 82.2 Å². The van der Waals surface area contributed by atoms with Crippen molar-refractivity contribution in [1.29, 1.82) is 0 Å². The predicted octanol–water partition coefficient (Wildman–Crippen LogP) is 6.84. The summed E-state index contributed by atoms with van der Waals surface area (Å²) >= 11 is 0. The summed E-state index contributed by atoms with van der Waals surface area (Å²) in [7, 11) is 0. The van der Waals surface area contributed by atoms with Crippen LogP contribution in [0.25, 0.3) is 22.0 Å². The van der Waals surface area contributed by atoms with Crippen molar-refractivity contribution in [2.45, 2.75) is 38.0 Å². The molecule has 1 saturated carbocycles. The third kappa shape index (κ3) is 4.74. The Morgan fingerprint density at radius 3 is 2.29 bits per heavy atom. The first-order valence-corrected chi connectivity index (χ1v) is 11.9. The van der Waals surface area contributed by atoms with Gasteiger partial charge in [0.1, 0.15) is 0 Å². The summed E-state index contributed by atoms with van der Waals surface area (Å²) in [6, 6.07) is 24.3. The van der Waals surface area contributed by atoms with Gasteiger partial charge in [-0.05, 0) is 72.4 Å². The summed E-state index contributed by atoms with van der Waals surface area (Å²) in [5.41, 5.74) is 5.89. The molecule has 0 spiro atoms. The number of para-hydroxylation sites is 1. The molecule has 5 nitrogen and oxygen atoms in total. The number of aromatic amines is 1. The van der Waals surface area contributed by atoms with Crippen LogP contribution >= 0.6 is 0 Å². The Kier molecular flexibility index (Phi) is 6.17. The van der Waals surface area contributed by atoms with Crippen molar-refractivity contribution in [3.63, 3.8) is 0 Å². The van der Waals surface area contributed by atoms with Crippen LogP contribution in [0.15, 0.2) is 79.0 Å². The smallest absolute Gasteiger partial charge is 0.303 e. The van der Waals surface area contributed by atoms with E-state index in [0.717, 1.165) is 53.4 Å². The van der Waals surface area contributed by atoms with Crippen LogP contribution in [-0.4, -0.2) is 22.0 Å². The molecule has 1 fully saturated rings. The average molecular weight is 453 g/mol. The van der Waals surface area contributed by atoms with Crippen LogP contribution in [0.4, 0.5) is 5.69 Å². The van der Waals surface area contributed by atoms with Gasteiger partial charge in [-0.1, -0.05) is 54.6 Å². The molecule has 0 saturated heterocycles. The third-order valence-electron chi connectivity index (χ3n) is 6.98. The standard InChI is InChI=1S/C29H28N2O3/c32-28(33)16-19-6-8-20(9-7-19)21-10-12-22(13-11-21)23-14-15-25-26(18-30-27(25)17-23)29(34)31-24-4-2-1-3-5-24/h1-5,10-15,17-20,30H,6-9,16H2,(H,31,34)(H,32,33). The highest BCUT2D eigenvalue weighted by atomic mass is 16.4. The van der Waals surface area contributed by atoms with Gasteiger partial charge in [0, 0.05) is 29.2 Å². The van der Waals surface area contributed by atoms with Crippen LogP contribution in [0.2, 0.25) is 0 Å². The minimum atomic E-state index is -0.684. The Morgan fingerprint density at radius 1 is 0.882 bits per heavy atom. The van der Waals surface area contributed by atoms with E-state index in [4.69, 9.17) is 5.11 Å². The van der Waals surface area contributed by atoms with E-state index in [9.17, 15) is 9.59 Å². The fraction of sp³-hybridized carbons (Fsp3) is 0.241. The number of H-pyrrole nitrogens is 1. The highest BCUT2D eigenvalue weighted by Crippen LogP contribution is 2.37. The normalized spacial score (nSPS) is 18.0. The molecule has 1 aromatic heterocycles. The van der Waals surface area contributed by atoms with Gasteiger partial charge < -0.3 is 15.4 Å². The zero-order valence-corrected chi connectivity index (χ0v) is 19.0. The highest BCUT2D eigenvalue weighted by Gasteiger charge is 2.24. The molecule has 0 bridgehead atoms. The molecule has 0 aliphatic heterocycles. The predicted molar refractivity (Wildman–Crippen MR) is 135 cm³/mol. The minimum Gasteiger partial charge on any atom is -0.481 e. The van der Waals surface area contributed by atoms with Gasteiger partial charge in [-0.15, -0.1) is 0 Å². The second-order valence-electron chi connectivity index (χ2n) is 9.22. The molecule has 5 rings (SSSR count). The number of fused-ring (bicyclic) bond motifs is 1. The maximum atomic E-state index is 12.7. The number of anilines is 1. The van der Waals surface area contributed by atoms with Crippen molar-refractivity contribution < 1.29 is 14.7 Å². The van der Waals surface area contributed by atoms with Crippen molar-refractivity contribution in [2.75, 3.05) is 5.32 Å². The fourth-order valence-electron chi connectivity index (χ4n) is 5.11. The molecule has 5 heteroatoms. The summed E-state index contributed by atoms with van der Waals surface area (Å²) in [6.07, 6.45) is 6.14. The number of aromatic nitrogens is 1. The molecule has 0 radical (unpaired) electrons. The lowest BCUT2D eigenvalue weighted by atomic mass is 9.77. The second kappa shape index (κ2) is 9.56. The van der Waals surface area contributed by atoms with Gasteiger partial charge in [0.25, 0.3) is 5.91 Å². The average Bonchev–Trinajstić information content (AvgIpc) is 3.28. The van der Waals surface area contributed by atoms with E-state index in [-0.39, 0.29) is 5.91 Å². The van der Waals surface area contributed by atoms with E-state index >= 15 is 0 Å². The maximum Gasteiger partial charge on any atom is 0.303 e. The summed E-state index contributed by atoms with van der Waals surface area (Å²) in [4.78, 5) is 26.9. The maximum absolute atomic E-state index is 12.7. The number of carboxylic acids is 1. The first kappa shape index (κ1) is 22.0.